The molecule has 1 amide bonds. The summed E-state index contributed by atoms with van der Waals surface area (Å²) in [5.41, 5.74) is 0.679. The third-order valence-corrected chi connectivity index (χ3v) is 8.24. The van der Waals surface area contributed by atoms with Crippen LogP contribution in [-0.2, 0) is 14.6 Å². The topological polar surface area (TPSA) is 121 Å². The van der Waals surface area contributed by atoms with Crippen molar-refractivity contribution in [3.63, 3.8) is 0 Å². The first-order chi connectivity index (χ1) is 16.7. The molecule has 2 aliphatic rings. The van der Waals surface area contributed by atoms with Gasteiger partial charge in [0.2, 0.25) is 19.4 Å². The predicted octanol–water partition coefficient (Wildman–Crippen LogP) is 3.79. The predicted molar refractivity (Wildman–Crippen MR) is 138 cm³/mol. The Kier molecular flexibility index (Phi) is 7.37. The molecule has 0 aliphatic carbocycles. The van der Waals surface area contributed by atoms with E-state index >= 15 is 0 Å². The number of sulfone groups is 1. The van der Waals surface area contributed by atoms with Crippen LogP contribution in [0.15, 0.2) is 70.3 Å². The van der Waals surface area contributed by atoms with Crippen molar-refractivity contribution >= 4 is 49.0 Å². The van der Waals surface area contributed by atoms with E-state index in [4.69, 9.17) is 14.9 Å². The molecule has 4 rings (SSSR count). The maximum absolute atomic E-state index is 12.6. The van der Waals surface area contributed by atoms with Gasteiger partial charge in [0.1, 0.15) is 24.7 Å². The Morgan fingerprint density at radius 3 is 2.29 bits per heavy atom. The van der Waals surface area contributed by atoms with Gasteiger partial charge in [-0.25, -0.2) is 8.42 Å². The van der Waals surface area contributed by atoms with Crippen LogP contribution in [0.1, 0.15) is 19.4 Å². The minimum Gasteiger partial charge on any atom is -0.490 e. The van der Waals surface area contributed by atoms with Gasteiger partial charge in [0.25, 0.3) is 5.91 Å². The third-order valence-electron chi connectivity index (χ3n) is 4.81. The Bertz CT molecular complexity index is 1320. The number of fused-ring (bicyclic) bond motifs is 1. The number of hydrazone groups is 1. The standard InChI is InChI=1S/C24H24N4O5S2/c1-16(2)15-35(30,31)24-27-28-21(25)20(22(29)26-23(28)34-24)14-17-8-10-19(11-9-17)33-13-12-32-18-6-4-3-5-7-18/h3-11,14,16,25H,12-13,15H2,1-2H3/b20-14-,25-21?. The Morgan fingerprint density at radius 1 is 1.03 bits per heavy atom. The van der Waals surface area contributed by atoms with Crippen molar-refractivity contribution in [2.75, 3.05) is 19.0 Å². The maximum Gasteiger partial charge on any atom is 0.283 e. The minimum atomic E-state index is -3.62. The number of rotatable bonds is 8. The van der Waals surface area contributed by atoms with Crippen molar-refractivity contribution in [2.45, 2.75) is 13.8 Å². The van der Waals surface area contributed by atoms with E-state index < -0.39 is 15.7 Å². The van der Waals surface area contributed by atoms with Crippen molar-refractivity contribution in [3.05, 3.63) is 65.7 Å². The number of carbonyl (C=O) groups excluding carboxylic acids is 1. The molecular formula is C24H24N4O5S2. The van der Waals surface area contributed by atoms with Gasteiger partial charge in [-0.15, -0.1) is 5.10 Å². The molecule has 182 valence electrons. The number of ether oxygens (including phenoxy) is 2. The first-order valence-electron chi connectivity index (χ1n) is 10.9. The zero-order valence-corrected chi connectivity index (χ0v) is 20.8. The highest BCUT2D eigenvalue weighted by Gasteiger charge is 2.39. The van der Waals surface area contributed by atoms with Gasteiger partial charge in [0.15, 0.2) is 5.84 Å². The molecule has 2 aliphatic heterocycles. The fourth-order valence-corrected chi connectivity index (χ4v) is 6.06. The molecular weight excluding hydrogens is 488 g/mol. The normalized spacial score (nSPS) is 16.9. The molecule has 35 heavy (non-hydrogen) atoms. The summed E-state index contributed by atoms with van der Waals surface area (Å²) in [6, 6.07) is 16.5. The number of amidine groups is 2. The fourth-order valence-electron chi connectivity index (χ4n) is 3.27. The Balaban J connectivity index is 1.41. The smallest absolute Gasteiger partial charge is 0.283 e. The minimum absolute atomic E-state index is 0.0190. The zero-order valence-electron chi connectivity index (χ0n) is 19.2. The van der Waals surface area contributed by atoms with Gasteiger partial charge in [-0.3, -0.25) is 10.2 Å². The lowest BCUT2D eigenvalue weighted by Crippen LogP contribution is -2.35. The van der Waals surface area contributed by atoms with Crippen LogP contribution in [-0.4, -0.2) is 53.7 Å². The van der Waals surface area contributed by atoms with E-state index in [2.05, 4.69) is 10.1 Å². The van der Waals surface area contributed by atoms with Crippen LogP contribution in [0.3, 0.4) is 0 Å². The molecule has 0 spiro atoms. The summed E-state index contributed by atoms with van der Waals surface area (Å²) < 4.78 is 36.2. The summed E-state index contributed by atoms with van der Waals surface area (Å²) in [6.07, 6.45) is 1.52. The van der Waals surface area contributed by atoms with E-state index in [0.29, 0.717) is 24.5 Å². The van der Waals surface area contributed by atoms with Gasteiger partial charge in [0, 0.05) is 0 Å². The number of benzene rings is 2. The van der Waals surface area contributed by atoms with E-state index in [0.717, 1.165) is 22.5 Å². The van der Waals surface area contributed by atoms with Crippen molar-refractivity contribution in [2.24, 2.45) is 16.0 Å². The Hall–Kier alpha value is -3.44. The number of nitrogens with zero attached hydrogens (tertiary/aromatic N) is 3. The summed E-state index contributed by atoms with van der Waals surface area (Å²) in [7, 11) is -3.62. The highest BCUT2D eigenvalue weighted by molar-refractivity contribution is 8.42. The Morgan fingerprint density at radius 2 is 1.66 bits per heavy atom. The average molecular weight is 513 g/mol. The Labute approximate surface area is 208 Å². The first-order valence-corrected chi connectivity index (χ1v) is 13.3. The van der Waals surface area contributed by atoms with Gasteiger partial charge in [-0.1, -0.05) is 44.2 Å². The molecule has 0 atom stereocenters. The summed E-state index contributed by atoms with van der Waals surface area (Å²) >= 11 is 0.792. The highest BCUT2D eigenvalue weighted by Crippen LogP contribution is 2.31. The van der Waals surface area contributed by atoms with E-state index in [1.54, 1.807) is 38.1 Å². The largest absolute Gasteiger partial charge is 0.490 e. The number of carbonyl (C=O) groups is 1. The van der Waals surface area contributed by atoms with Crippen LogP contribution in [0.4, 0.5) is 0 Å². The van der Waals surface area contributed by atoms with Crippen LogP contribution in [0, 0.1) is 11.3 Å². The van der Waals surface area contributed by atoms with Crippen LogP contribution < -0.4 is 9.47 Å². The fraction of sp³-hybridized carbons (Fsp3) is 0.250. The van der Waals surface area contributed by atoms with E-state index in [1.807, 2.05) is 30.3 Å². The lowest BCUT2D eigenvalue weighted by molar-refractivity contribution is -0.114. The molecule has 0 radical (unpaired) electrons. The maximum atomic E-state index is 12.6. The molecule has 9 nitrogen and oxygen atoms in total. The SMILES string of the molecule is CC(C)CS(=O)(=O)C1=NN2C(=N)/C(=C/c3ccc(OCCOc4ccccc4)cc3)C(=O)N=C2S1. The van der Waals surface area contributed by atoms with E-state index in [9.17, 15) is 13.2 Å². The number of nitrogens with one attached hydrogen (secondary N) is 1. The number of thioether (sulfide) groups is 1. The molecule has 2 aromatic carbocycles. The highest BCUT2D eigenvalue weighted by atomic mass is 32.3. The van der Waals surface area contributed by atoms with E-state index in [1.165, 1.54) is 6.08 Å². The van der Waals surface area contributed by atoms with Gasteiger partial charge in [-0.05, 0) is 53.6 Å². The molecule has 2 heterocycles. The van der Waals surface area contributed by atoms with Gasteiger partial charge < -0.3 is 9.47 Å². The van der Waals surface area contributed by atoms with Crippen molar-refractivity contribution in [3.8, 4) is 11.5 Å². The van der Waals surface area contributed by atoms with Crippen molar-refractivity contribution in [1.29, 1.82) is 5.41 Å². The molecule has 0 saturated carbocycles. The van der Waals surface area contributed by atoms with Crippen molar-refractivity contribution < 1.29 is 22.7 Å². The molecule has 0 saturated heterocycles. The molecule has 0 unspecified atom stereocenters. The molecule has 0 fully saturated rings. The summed E-state index contributed by atoms with van der Waals surface area (Å²) in [6.45, 7) is 4.35. The second-order valence-corrected chi connectivity index (χ2v) is 11.3. The van der Waals surface area contributed by atoms with Gasteiger partial charge in [-0.2, -0.15) is 10.0 Å². The molecule has 11 heteroatoms. The monoisotopic (exact) mass is 512 g/mol. The molecule has 1 N–H and O–H groups in total. The molecule has 0 bridgehead atoms. The number of hydrogen-bond donors (Lipinski definition) is 1. The third kappa shape index (κ3) is 5.98. The summed E-state index contributed by atoms with van der Waals surface area (Å²) in [4.78, 5) is 16.5. The van der Waals surface area contributed by atoms with Gasteiger partial charge >= 0.3 is 0 Å². The number of para-hydroxylation sites is 1. The van der Waals surface area contributed by atoms with Crippen LogP contribution in [0.25, 0.3) is 6.08 Å². The summed E-state index contributed by atoms with van der Waals surface area (Å²) in [5.74, 6) is 0.410. The lowest BCUT2D eigenvalue weighted by Gasteiger charge is -2.20. The summed E-state index contributed by atoms with van der Waals surface area (Å²) in [5, 5.41) is 13.6. The second-order valence-electron chi connectivity index (χ2n) is 8.14. The quantitative estimate of drug-likeness (QED) is 0.422. The lowest BCUT2D eigenvalue weighted by atomic mass is 10.1. The molecule has 0 aromatic heterocycles. The van der Waals surface area contributed by atoms with Crippen LogP contribution in [0.5, 0.6) is 11.5 Å². The van der Waals surface area contributed by atoms with E-state index in [-0.39, 0.29) is 32.6 Å². The first kappa shape index (κ1) is 24.7. The average Bonchev–Trinajstić information content (AvgIpc) is 3.26. The second kappa shape index (κ2) is 10.4. The zero-order chi connectivity index (χ0) is 25.0. The molecule has 2 aromatic rings. The van der Waals surface area contributed by atoms with Crippen LogP contribution >= 0.6 is 11.8 Å². The number of aliphatic imine (C=N–C) groups is 1. The van der Waals surface area contributed by atoms with Gasteiger partial charge in [0.05, 0.1) is 11.3 Å². The van der Waals surface area contributed by atoms with Crippen LogP contribution in [0.2, 0.25) is 0 Å². The van der Waals surface area contributed by atoms with Crippen molar-refractivity contribution in [1.82, 2.24) is 5.01 Å². The number of hydrogen-bond acceptors (Lipinski definition) is 8. The number of amides is 1.